The highest BCUT2D eigenvalue weighted by Crippen LogP contribution is 2.21. The number of aryl methyl sites for hydroxylation is 1. The minimum atomic E-state index is -0.525. The zero-order chi connectivity index (χ0) is 16.9. The largest absolute Gasteiger partial charge is 0.470 e. The molecule has 0 unspecified atom stereocenters. The van der Waals surface area contributed by atoms with Crippen LogP contribution in [0.2, 0.25) is 0 Å². The summed E-state index contributed by atoms with van der Waals surface area (Å²) in [7, 11) is 0. The molecule has 0 spiro atoms. The Morgan fingerprint density at radius 1 is 1.54 bits per heavy atom. The summed E-state index contributed by atoms with van der Waals surface area (Å²) in [5, 5.41) is 0. The molecule has 0 aliphatic carbocycles. The number of amides is 1. The molecule has 1 saturated heterocycles. The van der Waals surface area contributed by atoms with Crippen molar-refractivity contribution in [3.63, 3.8) is 0 Å². The highest BCUT2D eigenvalue weighted by Gasteiger charge is 2.28. The summed E-state index contributed by atoms with van der Waals surface area (Å²) in [6, 6.07) is 3.52. The number of halogens is 1. The van der Waals surface area contributed by atoms with E-state index in [4.69, 9.17) is 9.15 Å². The summed E-state index contributed by atoms with van der Waals surface area (Å²) in [6.07, 6.45) is 6.74. The molecule has 0 aromatic carbocycles. The SMILES string of the molecule is CCc1ncnc(O[C@H]2CCN(C(=O)/C=C/c3ccco3)C2)c1F. The number of rotatable bonds is 5. The van der Waals surface area contributed by atoms with Gasteiger partial charge >= 0.3 is 0 Å². The zero-order valence-corrected chi connectivity index (χ0v) is 13.3. The summed E-state index contributed by atoms with van der Waals surface area (Å²) in [6.45, 7) is 2.77. The lowest BCUT2D eigenvalue weighted by Gasteiger charge is -2.15. The lowest BCUT2D eigenvalue weighted by atomic mass is 10.3. The van der Waals surface area contributed by atoms with Crippen LogP contribution in [0.4, 0.5) is 4.39 Å². The number of furan rings is 1. The zero-order valence-electron chi connectivity index (χ0n) is 13.3. The minimum absolute atomic E-state index is 0.0488. The second kappa shape index (κ2) is 7.25. The van der Waals surface area contributed by atoms with Crippen LogP contribution in [0, 0.1) is 5.82 Å². The number of likely N-dealkylation sites (tertiary alicyclic amines) is 1. The third kappa shape index (κ3) is 3.61. The standard InChI is InChI=1S/C17H18FN3O3/c1-2-14-16(18)17(20-11-19-14)24-13-7-8-21(10-13)15(22)6-5-12-4-3-9-23-12/h3-6,9,11,13H,2,7-8,10H2,1H3/b6-5+/t13-/m0/s1. The van der Waals surface area contributed by atoms with Crippen molar-refractivity contribution in [1.82, 2.24) is 14.9 Å². The van der Waals surface area contributed by atoms with Gasteiger partial charge in [0, 0.05) is 19.0 Å². The fraction of sp³-hybridized carbons (Fsp3) is 0.353. The number of carbonyl (C=O) groups is 1. The highest BCUT2D eigenvalue weighted by atomic mass is 19.1. The van der Waals surface area contributed by atoms with Gasteiger partial charge in [0.1, 0.15) is 18.2 Å². The van der Waals surface area contributed by atoms with Gasteiger partial charge in [-0.2, -0.15) is 9.37 Å². The summed E-state index contributed by atoms with van der Waals surface area (Å²) < 4.78 is 24.9. The first-order valence-corrected chi connectivity index (χ1v) is 7.84. The Hall–Kier alpha value is -2.70. The maximum Gasteiger partial charge on any atom is 0.254 e. The van der Waals surface area contributed by atoms with E-state index in [1.807, 2.05) is 6.92 Å². The van der Waals surface area contributed by atoms with E-state index in [-0.39, 0.29) is 17.9 Å². The lowest BCUT2D eigenvalue weighted by molar-refractivity contribution is -0.125. The summed E-state index contributed by atoms with van der Waals surface area (Å²) in [5.41, 5.74) is 0.326. The van der Waals surface area contributed by atoms with Gasteiger partial charge in [0.05, 0.1) is 18.5 Å². The van der Waals surface area contributed by atoms with Crippen molar-refractivity contribution in [3.05, 3.63) is 48.1 Å². The molecule has 0 N–H and O–H groups in total. The van der Waals surface area contributed by atoms with Gasteiger partial charge in [-0.05, 0) is 24.6 Å². The van der Waals surface area contributed by atoms with Gasteiger partial charge in [0.15, 0.2) is 0 Å². The van der Waals surface area contributed by atoms with Crippen LogP contribution in [0.5, 0.6) is 5.88 Å². The molecule has 3 rings (SSSR count). The van der Waals surface area contributed by atoms with Gasteiger partial charge in [-0.15, -0.1) is 0 Å². The predicted octanol–water partition coefficient (Wildman–Crippen LogP) is 2.46. The van der Waals surface area contributed by atoms with Crippen LogP contribution >= 0.6 is 0 Å². The maximum absolute atomic E-state index is 14.1. The van der Waals surface area contributed by atoms with Gasteiger partial charge < -0.3 is 14.1 Å². The van der Waals surface area contributed by atoms with Crippen LogP contribution in [-0.2, 0) is 11.2 Å². The summed E-state index contributed by atoms with van der Waals surface area (Å²) >= 11 is 0. The smallest absolute Gasteiger partial charge is 0.254 e. The number of nitrogens with zero attached hydrogens (tertiary/aromatic N) is 3. The van der Waals surface area contributed by atoms with Crippen LogP contribution in [-0.4, -0.2) is 40.0 Å². The van der Waals surface area contributed by atoms with Crippen LogP contribution in [0.1, 0.15) is 24.8 Å². The molecule has 126 valence electrons. The minimum Gasteiger partial charge on any atom is -0.470 e. The highest BCUT2D eigenvalue weighted by molar-refractivity contribution is 5.91. The average Bonchev–Trinajstić information content (AvgIpc) is 3.26. The van der Waals surface area contributed by atoms with Crippen molar-refractivity contribution in [2.45, 2.75) is 25.9 Å². The van der Waals surface area contributed by atoms with Gasteiger partial charge in [-0.25, -0.2) is 4.98 Å². The molecule has 0 bridgehead atoms. The molecule has 1 atom stereocenters. The van der Waals surface area contributed by atoms with Crippen LogP contribution in [0.15, 0.2) is 35.2 Å². The van der Waals surface area contributed by atoms with Crippen molar-refractivity contribution < 1.29 is 18.3 Å². The topological polar surface area (TPSA) is 68.5 Å². The summed E-state index contributed by atoms with van der Waals surface area (Å²) in [4.78, 5) is 21.5. The Bertz CT molecular complexity index is 731. The Kier molecular flexibility index (Phi) is 4.88. The monoisotopic (exact) mass is 331 g/mol. The molecule has 0 saturated carbocycles. The Morgan fingerprint density at radius 2 is 2.42 bits per heavy atom. The molecule has 3 heterocycles. The number of hydrogen-bond acceptors (Lipinski definition) is 5. The van der Waals surface area contributed by atoms with Crippen molar-refractivity contribution in [2.24, 2.45) is 0 Å². The average molecular weight is 331 g/mol. The molecular formula is C17H18FN3O3. The first-order valence-electron chi connectivity index (χ1n) is 7.84. The van der Waals surface area contributed by atoms with Crippen molar-refractivity contribution in [2.75, 3.05) is 13.1 Å². The normalized spacial score (nSPS) is 17.6. The maximum atomic E-state index is 14.1. The van der Waals surface area contributed by atoms with Crippen molar-refractivity contribution in [3.8, 4) is 5.88 Å². The van der Waals surface area contributed by atoms with Gasteiger partial charge in [-0.3, -0.25) is 4.79 Å². The lowest BCUT2D eigenvalue weighted by Crippen LogP contribution is -2.29. The van der Waals surface area contributed by atoms with Crippen LogP contribution in [0.3, 0.4) is 0 Å². The number of hydrogen-bond donors (Lipinski definition) is 0. The molecule has 1 amide bonds. The third-order valence-electron chi connectivity index (χ3n) is 3.83. The Labute approximate surface area is 139 Å². The predicted molar refractivity (Wildman–Crippen MR) is 84.7 cm³/mol. The Morgan fingerprint density at radius 3 is 3.17 bits per heavy atom. The molecule has 2 aromatic rings. The quantitative estimate of drug-likeness (QED) is 0.787. The van der Waals surface area contributed by atoms with E-state index in [1.54, 1.807) is 29.4 Å². The molecule has 7 heteroatoms. The third-order valence-corrected chi connectivity index (χ3v) is 3.83. The van der Waals surface area contributed by atoms with Gasteiger partial charge in [0.2, 0.25) is 11.7 Å². The number of ether oxygens (including phenoxy) is 1. The van der Waals surface area contributed by atoms with Crippen LogP contribution < -0.4 is 4.74 Å². The fourth-order valence-corrected chi connectivity index (χ4v) is 2.54. The van der Waals surface area contributed by atoms with Crippen molar-refractivity contribution in [1.29, 1.82) is 0 Å². The molecule has 1 fully saturated rings. The van der Waals surface area contributed by atoms with E-state index in [0.717, 1.165) is 0 Å². The van der Waals surface area contributed by atoms with E-state index < -0.39 is 5.82 Å². The molecule has 0 radical (unpaired) electrons. The van der Waals surface area contributed by atoms with Gasteiger partial charge in [0.25, 0.3) is 5.88 Å². The van der Waals surface area contributed by atoms with Gasteiger partial charge in [-0.1, -0.05) is 6.92 Å². The Balaban J connectivity index is 1.58. The molecular weight excluding hydrogens is 313 g/mol. The van der Waals surface area contributed by atoms with Crippen LogP contribution in [0.25, 0.3) is 6.08 Å². The van der Waals surface area contributed by atoms with E-state index in [9.17, 15) is 9.18 Å². The molecule has 6 nitrogen and oxygen atoms in total. The number of carbonyl (C=O) groups excluding carboxylic acids is 1. The molecule has 24 heavy (non-hydrogen) atoms. The molecule has 2 aromatic heterocycles. The second-order valence-electron chi connectivity index (χ2n) is 5.45. The second-order valence-corrected chi connectivity index (χ2v) is 5.45. The molecule has 1 aliphatic rings. The first-order chi connectivity index (χ1) is 11.7. The van der Waals surface area contributed by atoms with Crippen molar-refractivity contribution >= 4 is 12.0 Å². The van der Waals surface area contributed by atoms with E-state index in [2.05, 4.69) is 9.97 Å². The summed E-state index contributed by atoms with van der Waals surface area (Å²) in [5.74, 6) is -0.0878. The van der Waals surface area contributed by atoms with E-state index in [0.29, 0.717) is 37.4 Å². The number of aromatic nitrogens is 2. The fourth-order valence-electron chi connectivity index (χ4n) is 2.54. The molecule has 1 aliphatic heterocycles. The van der Waals surface area contributed by atoms with E-state index in [1.165, 1.54) is 12.4 Å². The van der Waals surface area contributed by atoms with E-state index >= 15 is 0 Å². The first kappa shape index (κ1) is 16.2.